The maximum Gasteiger partial charge on any atom is 0.287 e. The molecule has 2 heterocycles. The summed E-state index contributed by atoms with van der Waals surface area (Å²) < 4.78 is 0. The lowest BCUT2D eigenvalue weighted by Crippen LogP contribution is -2.47. The second-order valence-corrected chi connectivity index (χ2v) is 5.79. The molecule has 0 fully saturated rings. The number of primary amides is 1. The number of Topliss-reactive ketones (excluding diaryl/α,β-unsaturated/α-hetero) is 1. The van der Waals surface area contributed by atoms with E-state index in [1.165, 1.54) is 6.33 Å². The average Bonchev–Trinajstić information content (AvgIpc) is 3.18. The van der Waals surface area contributed by atoms with Gasteiger partial charge in [-0.2, -0.15) is 0 Å². The summed E-state index contributed by atoms with van der Waals surface area (Å²) in [5, 5.41) is 2.56. The first-order chi connectivity index (χ1) is 13.1. The monoisotopic (exact) mass is 363 g/mol. The fourth-order valence-electron chi connectivity index (χ4n) is 2.63. The number of ketones is 1. The summed E-state index contributed by atoms with van der Waals surface area (Å²) in [7, 11) is 0. The molecule has 136 valence electrons. The maximum atomic E-state index is 12.7. The first-order valence-corrected chi connectivity index (χ1v) is 8.19. The van der Waals surface area contributed by atoms with E-state index in [0.29, 0.717) is 11.4 Å². The highest BCUT2D eigenvalue weighted by Gasteiger charge is 2.27. The van der Waals surface area contributed by atoms with E-state index in [1.54, 1.807) is 48.7 Å². The molecular formula is C19H17N5O3. The highest BCUT2D eigenvalue weighted by atomic mass is 16.2. The molecular weight excluding hydrogens is 346 g/mol. The molecule has 0 aliphatic rings. The highest BCUT2D eigenvalue weighted by Crippen LogP contribution is 2.17. The van der Waals surface area contributed by atoms with E-state index in [9.17, 15) is 14.4 Å². The van der Waals surface area contributed by atoms with Crippen LogP contribution in [-0.2, 0) is 16.0 Å². The lowest BCUT2D eigenvalue weighted by atomic mass is 10.0. The molecule has 1 atom stereocenters. The summed E-state index contributed by atoms with van der Waals surface area (Å²) in [4.78, 5) is 47.3. The zero-order chi connectivity index (χ0) is 19.2. The Kier molecular flexibility index (Phi) is 5.36. The first kappa shape index (κ1) is 18.0. The van der Waals surface area contributed by atoms with Gasteiger partial charge in [0.2, 0.25) is 5.78 Å². The Balaban J connectivity index is 1.84. The van der Waals surface area contributed by atoms with Crippen molar-refractivity contribution in [1.82, 2.24) is 20.3 Å². The molecule has 27 heavy (non-hydrogen) atoms. The van der Waals surface area contributed by atoms with E-state index in [-0.39, 0.29) is 12.1 Å². The van der Waals surface area contributed by atoms with Gasteiger partial charge in [-0.1, -0.05) is 36.4 Å². The third kappa shape index (κ3) is 4.24. The number of amides is 2. The van der Waals surface area contributed by atoms with Crippen LogP contribution in [0.4, 0.5) is 0 Å². The van der Waals surface area contributed by atoms with Gasteiger partial charge in [-0.15, -0.1) is 0 Å². The van der Waals surface area contributed by atoms with Gasteiger partial charge in [0.1, 0.15) is 6.04 Å². The predicted octanol–water partition coefficient (Wildman–Crippen LogP) is 0.867. The van der Waals surface area contributed by atoms with Crippen molar-refractivity contribution in [2.24, 2.45) is 5.73 Å². The smallest absolute Gasteiger partial charge is 0.287 e. The molecule has 2 amide bonds. The lowest BCUT2D eigenvalue weighted by molar-refractivity contribution is -0.137. The van der Waals surface area contributed by atoms with Crippen LogP contribution in [0.2, 0.25) is 0 Å². The largest absolute Gasteiger partial charge is 0.363 e. The Hall–Kier alpha value is -3.81. The van der Waals surface area contributed by atoms with Crippen molar-refractivity contribution in [3.63, 3.8) is 0 Å². The Labute approximate surface area is 154 Å². The van der Waals surface area contributed by atoms with E-state index in [4.69, 9.17) is 5.73 Å². The first-order valence-electron chi connectivity index (χ1n) is 8.19. The van der Waals surface area contributed by atoms with Gasteiger partial charge in [-0.05, 0) is 17.7 Å². The molecule has 2 aromatic heterocycles. The molecule has 4 N–H and O–H groups in total. The molecule has 3 rings (SSSR count). The van der Waals surface area contributed by atoms with E-state index < -0.39 is 23.6 Å². The van der Waals surface area contributed by atoms with Crippen LogP contribution in [0, 0.1) is 0 Å². The van der Waals surface area contributed by atoms with E-state index in [1.807, 2.05) is 6.07 Å². The quantitative estimate of drug-likeness (QED) is 0.536. The number of carbonyl (C=O) groups excluding carboxylic acids is 3. The van der Waals surface area contributed by atoms with Gasteiger partial charge in [0.15, 0.2) is 5.69 Å². The molecule has 0 radical (unpaired) electrons. The predicted molar refractivity (Wildman–Crippen MR) is 97.4 cm³/mol. The van der Waals surface area contributed by atoms with Crippen molar-refractivity contribution < 1.29 is 14.4 Å². The minimum atomic E-state index is -1.11. The second-order valence-electron chi connectivity index (χ2n) is 5.79. The average molecular weight is 363 g/mol. The maximum absolute atomic E-state index is 12.7. The zero-order valence-electron chi connectivity index (χ0n) is 14.3. The summed E-state index contributed by atoms with van der Waals surface area (Å²) >= 11 is 0. The molecule has 1 aromatic carbocycles. The number of benzene rings is 1. The topological polar surface area (TPSA) is 131 Å². The van der Waals surface area contributed by atoms with Gasteiger partial charge in [-0.25, -0.2) is 4.98 Å². The van der Waals surface area contributed by atoms with Crippen molar-refractivity contribution in [3.8, 4) is 11.4 Å². The third-order valence-corrected chi connectivity index (χ3v) is 3.92. The van der Waals surface area contributed by atoms with Crippen LogP contribution in [0.25, 0.3) is 11.4 Å². The molecule has 0 saturated heterocycles. The van der Waals surface area contributed by atoms with Crippen LogP contribution >= 0.6 is 0 Å². The fourth-order valence-corrected chi connectivity index (χ4v) is 2.63. The van der Waals surface area contributed by atoms with Gasteiger partial charge in [-0.3, -0.25) is 19.4 Å². The molecule has 0 aliphatic heterocycles. The molecule has 0 spiro atoms. The van der Waals surface area contributed by atoms with E-state index in [2.05, 4.69) is 20.3 Å². The van der Waals surface area contributed by atoms with Gasteiger partial charge in [0.25, 0.3) is 11.8 Å². The number of nitrogens with one attached hydrogen (secondary N) is 2. The molecule has 0 saturated carbocycles. The Morgan fingerprint density at radius 2 is 1.78 bits per heavy atom. The number of aromatic amines is 1. The molecule has 3 aromatic rings. The van der Waals surface area contributed by atoms with Crippen LogP contribution in [0.1, 0.15) is 16.1 Å². The molecule has 0 bridgehead atoms. The third-order valence-electron chi connectivity index (χ3n) is 3.92. The number of hydrogen-bond donors (Lipinski definition) is 3. The van der Waals surface area contributed by atoms with Gasteiger partial charge >= 0.3 is 0 Å². The van der Waals surface area contributed by atoms with Crippen LogP contribution < -0.4 is 11.1 Å². The number of imidazole rings is 1. The number of H-pyrrole nitrogens is 1. The number of rotatable bonds is 7. The number of nitrogens with two attached hydrogens (primary N) is 1. The van der Waals surface area contributed by atoms with Crippen molar-refractivity contribution in [2.45, 2.75) is 12.5 Å². The van der Waals surface area contributed by atoms with Crippen LogP contribution in [0.3, 0.4) is 0 Å². The van der Waals surface area contributed by atoms with Crippen molar-refractivity contribution >= 4 is 17.6 Å². The highest BCUT2D eigenvalue weighted by molar-refractivity contribution is 6.38. The summed E-state index contributed by atoms with van der Waals surface area (Å²) in [6.07, 6.45) is 3.09. The van der Waals surface area contributed by atoms with Crippen molar-refractivity contribution in [2.75, 3.05) is 0 Å². The normalized spacial score (nSPS) is 11.6. The van der Waals surface area contributed by atoms with Crippen molar-refractivity contribution in [1.29, 1.82) is 0 Å². The SMILES string of the molecule is NC(=O)C(=O)C(Cc1ccccc1)NC(=O)c1nc[nH]c1-c1ccccn1. The van der Waals surface area contributed by atoms with Crippen LogP contribution in [0.15, 0.2) is 61.1 Å². The second kappa shape index (κ2) is 8.05. The van der Waals surface area contributed by atoms with E-state index >= 15 is 0 Å². The standard InChI is InChI=1S/C19H17N5O3/c20-18(26)17(25)14(10-12-6-2-1-3-7-12)24-19(27)16-15(22-11-23-16)13-8-4-5-9-21-13/h1-9,11,14H,10H2,(H2,20,26)(H,22,23)(H,24,27). The number of hydrogen-bond acceptors (Lipinski definition) is 5. The molecule has 1 unspecified atom stereocenters. The lowest BCUT2D eigenvalue weighted by Gasteiger charge is -2.16. The number of pyridine rings is 1. The zero-order valence-corrected chi connectivity index (χ0v) is 14.3. The number of nitrogens with zero attached hydrogens (tertiary/aromatic N) is 2. The molecule has 8 heteroatoms. The van der Waals surface area contributed by atoms with E-state index in [0.717, 1.165) is 5.56 Å². The summed E-state index contributed by atoms with van der Waals surface area (Å²) in [6, 6.07) is 13.2. The minimum Gasteiger partial charge on any atom is -0.363 e. The Morgan fingerprint density at radius 1 is 1.04 bits per heavy atom. The van der Waals surface area contributed by atoms with Gasteiger partial charge in [0, 0.05) is 12.6 Å². The number of carbonyl (C=O) groups is 3. The Bertz CT molecular complexity index is 954. The number of aromatic nitrogens is 3. The van der Waals surface area contributed by atoms with Gasteiger partial charge < -0.3 is 16.0 Å². The van der Waals surface area contributed by atoms with Crippen LogP contribution in [0.5, 0.6) is 0 Å². The van der Waals surface area contributed by atoms with Crippen molar-refractivity contribution in [3.05, 3.63) is 72.3 Å². The molecule has 8 nitrogen and oxygen atoms in total. The summed E-state index contributed by atoms with van der Waals surface area (Å²) in [6.45, 7) is 0. The van der Waals surface area contributed by atoms with Gasteiger partial charge in [0.05, 0.1) is 17.7 Å². The summed E-state index contributed by atoms with van der Waals surface area (Å²) in [5.41, 5.74) is 6.93. The van der Waals surface area contributed by atoms with Crippen LogP contribution in [-0.4, -0.2) is 38.6 Å². The minimum absolute atomic E-state index is 0.0732. The fraction of sp³-hybridized carbons (Fsp3) is 0.105. The summed E-state index contributed by atoms with van der Waals surface area (Å²) in [5.74, 6) is -2.59. The molecule has 0 aliphatic carbocycles. The Morgan fingerprint density at radius 3 is 2.44 bits per heavy atom.